The van der Waals surface area contributed by atoms with Gasteiger partial charge in [0.15, 0.2) is 16.6 Å². The molecule has 0 spiro atoms. The Hall–Kier alpha value is -2.81. The summed E-state index contributed by atoms with van der Waals surface area (Å²) in [7, 11) is 0. The Morgan fingerprint density at radius 1 is 1.32 bits per heavy atom. The van der Waals surface area contributed by atoms with E-state index in [1.54, 1.807) is 5.38 Å². The smallest absolute Gasteiger partial charge is 0.358 e. The van der Waals surface area contributed by atoms with Crippen molar-refractivity contribution in [2.24, 2.45) is 0 Å². The molecule has 0 saturated heterocycles. The average Bonchev–Trinajstić information content (AvgIpc) is 3.28. The van der Waals surface area contributed by atoms with Crippen LogP contribution in [0.1, 0.15) is 28.4 Å². The van der Waals surface area contributed by atoms with Crippen LogP contribution in [0.5, 0.6) is 0 Å². The number of rotatable bonds is 7. The van der Waals surface area contributed by atoms with Gasteiger partial charge in [-0.1, -0.05) is 30.3 Å². The van der Waals surface area contributed by atoms with Crippen LogP contribution in [-0.4, -0.2) is 20.5 Å². The number of nitrogens with zero attached hydrogens (tertiary/aromatic N) is 3. The van der Waals surface area contributed by atoms with Gasteiger partial charge in [0.2, 0.25) is 0 Å². The fraction of sp³-hybridized carbons (Fsp3) is 0.188. The van der Waals surface area contributed by atoms with Crippen LogP contribution in [0, 0.1) is 0 Å². The maximum Gasteiger partial charge on any atom is 0.358 e. The predicted molar refractivity (Wildman–Crippen MR) is 88.5 cm³/mol. The zero-order valence-electron chi connectivity index (χ0n) is 12.9. The quantitative estimate of drug-likeness (QED) is 0.648. The molecule has 0 aliphatic carbocycles. The van der Waals surface area contributed by atoms with Gasteiger partial charge in [0, 0.05) is 24.3 Å². The third-order valence-corrected chi connectivity index (χ3v) is 4.09. The molecular weight excluding hydrogens is 350 g/mol. The summed E-state index contributed by atoms with van der Waals surface area (Å²) in [6.45, 7) is -2.50. The molecule has 0 radical (unpaired) electrons. The highest BCUT2D eigenvalue weighted by Crippen LogP contribution is 2.18. The van der Waals surface area contributed by atoms with Gasteiger partial charge in [-0.3, -0.25) is 4.57 Å². The van der Waals surface area contributed by atoms with Crippen molar-refractivity contribution in [1.82, 2.24) is 14.5 Å². The van der Waals surface area contributed by atoms with E-state index in [0.717, 1.165) is 11.8 Å². The van der Waals surface area contributed by atoms with Crippen LogP contribution in [0.4, 0.5) is 13.9 Å². The Bertz CT molecular complexity index is 836. The molecule has 6 nitrogen and oxygen atoms in total. The van der Waals surface area contributed by atoms with Gasteiger partial charge >= 0.3 is 12.5 Å². The van der Waals surface area contributed by atoms with Gasteiger partial charge < -0.3 is 10.1 Å². The van der Waals surface area contributed by atoms with Crippen LogP contribution < -0.4 is 5.32 Å². The van der Waals surface area contributed by atoms with Crippen molar-refractivity contribution in [1.29, 1.82) is 0 Å². The first-order valence-corrected chi connectivity index (χ1v) is 8.22. The lowest BCUT2D eigenvalue weighted by atomic mass is 10.2. The number of hydrogen-bond acceptors (Lipinski definition) is 6. The monoisotopic (exact) mass is 364 g/mol. The van der Waals surface area contributed by atoms with Crippen LogP contribution in [0.25, 0.3) is 0 Å². The van der Waals surface area contributed by atoms with Crippen molar-refractivity contribution < 1.29 is 18.3 Å². The minimum absolute atomic E-state index is 0.0268. The lowest BCUT2D eigenvalue weighted by Crippen LogP contribution is -2.10. The number of carbonyl (C=O) groups is 1. The van der Waals surface area contributed by atoms with E-state index in [1.165, 1.54) is 17.5 Å². The van der Waals surface area contributed by atoms with Crippen molar-refractivity contribution in [3.63, 3.8) is 0 Å². The molecule has 2 aromatic heterocycles. The van der Waals surface area contributed by atoms with Gasteiger partial charge in [0.05, 0.1) is 0 Å². The molecule has 0 atom stereocenters. The molecular formula is C16H14F2N4O2S. The number of nitrogens with one attached hydrogen (secondary N) is 1. The number of benzene rings is 1. The van der Waals surface area contributed by atoms with Crippen LogP contribution >= 0.6 is 11.3 Å². The molecule has 0 fully saturated rings. The molecule has 3 aromatic rings. The molecule has 2 heterocycles. The van der Waals surface area contributed by atoms with Crippen LogP contribution in [-0.2, 0) is 17.9 Å². The van der Waals surface area contributed by atoms with E-state index in [0.29, 0.717) is 16.2 Å². The maximum atomic E-state index is 12.7. The summed E-state index contributed by atoms with van der Waals surface area (Å²) in [5, 5.41) is 5.24. The summed E-state index contributed by atoms with van der Waals surface area (Å²) in [6.07, 6.45) is 2.35. The number of alkyl halides is 2. The number of esters is 1. The number of aromatic nitrogens is 3. The second-order valence-electron chi connectivity index (χ2n) is 4.98. The molecule has 0 amide bonds. The molecule has 0 bridgehead atoms. The molecule has 0 unspecified atom stereocenters. The van der Waals surface area contributed by atoms with Crippen molar-refractivity contribution in [2.75, 3.05) is 5.32 Å². The zero-order chi connectivity index (χ0) is 17.6. The fourth-order valence-corrected chi connectivity index (χ4v) is 2.74. The number of anilines is 1. The van der Waals surface area contributed by atoms with E-state index in [-0.39, 0.29) is 18.1 Å². The summed E-state index contributed by atoms with van der Waals surface area (Å²) >= 11 is 1.26. The first-order chi connectivity index (χ1) is 12.1. The van der Waals surface area contributed by atoms with E-state index >= 15 is 0 Å². The molecule has 25 heavy (non-hydrogen) atoms. The van der Waals surface area contributed by atoms with Gasteiger partial charge in [-0.05, 0) is 5.56 Å². The lowest BCUT2D eigenvalue weighted by molar-refractivity contribution is 0.0371. The van der Waals surface area contributed by atoms with Gasteiger partial charge in [-0.15, -0.1) is 11.3 Å². The number of hydrogen-bond donors (Lipinski definition) is 1. The summed E-state index contributed by atoms with van der Waals surface area (Å²) < 4.78 is 31.0. The lowest BCUT2D eigenvalue weighted by Gasteiger charge is -2.06. The van der Waals surface area contributed by atoms with Crippen molar-refractivity contribution >= 4 is 22.4 Å². The second kappa shape index (κ2) is 7.84. The van der Waals surface area contributed by atoms with Gasteiger partial charge in [-0.2, -0.15) is 8.78 Å². The summed E-state index contributed by atoms with van der Waals surface area (Å²) in [5.74, 6) is -0.714. The molecule has 0 saturated carbocycles. The summed E-state index contributed by atoms with van der Waals surface area (Å²) in [5.41, 5.74) is 1.20. The molecule has 0 aliphatic heterocycles. The predicted octanol–water partition coefficient (Wildman–Crippen LogP) is 3.70. The largest absolute Gasteiger partial charge is 0.453 e. The number of carbonyl (C=O) groups excluding carboxylic acids is 1. The molecule has 130 valence electrons. The van der Waals surface area contributed by atoms with Crippen LogP contribution in [0.3, 0.4) is 0 Å². The maximum absolute atomic E-state index is 12.7. The Labute approximate surface area is 146 Å². The third-order valence-electron chi connectivity index (χ3n) is 3.29. The van der Waals surface area contributed by atoms with Crippen LogP contribution in [0.15, 0.2) is 48.1 Å². The minimum atomic E-state index is -2.73. The molecule has 9 heteroatoms. The normalized spacial score (nSPS) is 10.8. The topological polar surface area (TPSA) is 69.0 Å². The molecule has 3 rings (SSSR count). The molecule has 1 aromatic carbocycles. The molecule has 0 aliphatic rings. The first-order valence-electron chi connectivity index (χ1n) is 7.34. The Morgan fingerprint density at radius 2 is 2.12 bits per heavy atom. The SMILES string of the molecule is O=C(OCc1nccn1C(F)F)c1csc(NCc2ccccc2)n1. The third kappa shape index (κ3) is 4.38. The van der Waals surface area contributed by atoms with E-state index in [4.69, 9.17) is 4.74 Å². The summed E-state index contributed by atoms with van der Waals surface area (Å²) in [6, 6.07) is 9.75. The van der Waals surface area contributed by atoms with E-state index in [1.807, 2.05) is 30.3 Å². The Morgan fingerprint density at radius 3 is 2.88 bits per heavy atom. The number of ether oxygens (including phenoxy) is 1. The zero-order valence-corrected chi connectivity index (χ0v) is 13.7. The minimum Gasteiger partial charge on any atom is -0.453 e. The van der Waals surface area contributed by atoms with Crippen molar-refractivity contribution in [3.8, 4) is 0 Å². The number of halogens is 2. The van der Waals surface area contributed by atoms with Gasteiger partial charge in [-0.25, -0.2) is 14.8 Å². The second-order valence-corrected chi connectivity index (χ2v) is 5.84. The Kier molecular flexibility index (Phi) is 5.34. The number of imidazole rings is 1. The molecule has 1 N–H and O–H groups in total. The van der Waals surface area contributed by atoms with E-state index < -0.39 is 12.5 Å². The van der Waals surface area contributed by atoms with Gasteiger partial charge in [0.1, 0.15) is 6.61 Å². The standard InChI is InChI=1S/C16H14F2N4O2S/c17-15(18)22-7-6-19-13(22)9-24-14(23)12-10-25-16(21-12)20-8-11-4-2-1-3-5-11/h1-7,10,15H,8-9H2,(H,20,21). The Balaban J connectivity index is 1.54. The van der Waals surface area contributed by atoms with Crippen molar-refractivity contribution in [3.05, 3.63) is 65.2 Å². The van der Waals surface area contributed by atoms with E-state index in [2.05, 4.69) is 15.3 Å². The highest BCUT2D eigenvalue weighted by molar-refractivity contribution is 7.13. The summed E-state index contributed by atoms with van der Waals surface area (Å²) in [4.78, 5) is 19.9. The van der Waals surface area contributed by atoms with Crippen molar-refractivity contribution in [2.45, 2.75) is 19.7 Å². The number of thiazole rings is 1. The average molecular weight is 364 g/mol. The van der Waals surface area contributed by atoms with Crippen LogP contribution in [0.2, 0.25) is 0 Å². The highest BCUT2D eigenvalue weighted by atomic mass is 32.1. The first kappa shape index (κ1) is 17.0. The highest BCUT2D eigenvalue weighted by Gasteiger charge is 2.16. The van der Waals surface area contributed by atoms with Gasteiger partial charge in [0.25, 0.3) is 0 Å². The van der Waals surface area contributed by atoms with E-state index in [9.17, 15) is 13.6 Å². The fourth-order valence-electron chi connectivity index (χ4n) is 2.06.